The van der Waals surface area contributed by atoms with Crippen LogP contribution in [0.25, 0.3) is 6.08 Å². The van der Waals surface area contributed by atoms with Crippen molar-refractivity contribution in [3.8, 4) is 0 Å². The van der Waals surface area contributed by atoms with Crippen molar-refractivity contribution in [3.05, 3.63) is 106 Å². The van der Waals surface area contributed by atoms with E-state index in [0.717, 1.165) is 24.0 Å². The van der Waals surface area contributed by atoms with Gasteiger partial charge in [-0.2, -0.15) is 0 Å². The third-order valence-electron chi connectivity index (χ3n) is 6.86. The molecule has 0 spiro atoms. The van der Waals surface area contributed by atoms with E-state index in [1.807, 2.05) is 36.5 Å². The van der Waals surface area contributed by atoms with Gasteiger partial charge in [0.05, 0.1) is 5.69 Å². The molecule has 2 aliphatic carbocycles. The van der Waals surface area contributed by atoms with Crippen molar-refractivity contribution in [2.45, 2.75) is 56.8 Å². The van der Waals surface area contributed by atoms with Crippen LogP contribution in [0.4, 0.5) is 0 Å². The van der Waals surface area contributed by atoms with Gasteiger partial charge >= 0.3 is 0 Å². The summed E-state index contributed by atoms with van der Waals surface area (Å²) in [6, 6.07) is 21.0. The first kappa shape index (κ1) is 19.9. The molecule has 1 fully saturated rings. The number of hydrogen-bond donors (Lipinski definition) is 0. The van der Waals surface area contributed by atoms with Crippen LogP contribution in [-0.2, 0) is 24.1 Å². The van der Waals surface area contributed by atoms with Crippen LogP contribution in [-0.4, -0.2) is 10.8 Å². The molecular formula is C29H29NO. The predicted molar refractivity (Wildman–Crippen MR) is 126 cm³/mol. The fraction of sp³-hybridized carbons (Fsp3) is 0.310. The topological polar surface area (TPSA) is 30.0 Å². The molecule has 1 saturated carbocycles. The Morgan fingerprint density at radius 2 is 1.71 bits per heavy atom. The van der Waals surface area contributed by atoms with Gasteiger partial charge in [0, 0.05) is 25.0 Å². The second-order valence-corrected chi connectivity index (χ2v) is 9.06. The Balaban J connectivity index is 1.29. The zero-order valence-electron chi connectivity index (χ0n) is 18.0. The zero-order valence-corrected chi connectivity index (χ0v) is 18.0. The van der Waals surface area contributed by atoms with Crippen LogP contribution in [0.2, 0.25) is 0 Å². The number of Topliss-reactive ketones (excluding diaryl/α,β-unsaturated/α-hetero) is 1. The largest absolute Gasteiger partial charge is 0.299 e. The molecule has 156 valence electrons. The third kappa shape index (κ3) is 4.54. The maximum absolute atomic E-state index is 12.6. The lowest BCUT2D eigenvalue weighted by Crippen LogP contribution is -2.15. The Hall–Kier alpha value is -3.00. The monoisotopic (exact) mass is 407 g/mol. The number of allylic oxidation sites excluding steroid dienone is 1. The van der Waals surface area contributed by atoms with E-state index < -0.39 is 0 Å². The molecule has 0 saturated heterocycles. The zero-order chi connectivity index (χ0) is 21.0. The van der Waals surface area contributed by atoms with Gasteiger partial charge in [-0.1, -0.05) is 73.2 Å². The molecule has 0 aliphatic heterocycles. The van der Waals surface area contributed by atoms with Crippen molar-refractivity contribution in [1.29, 1.82) is 0 Å². The van der Waals surface area contributed by atoms with E-state index in [1.165, 1.54) is 41.6 Å². The number of nitrogens with zero attached hydrogens (tertiary/aromatic N) is 1. The first-order valence-corrected chi connectivity index (χ1v) is 11.5. The standard InChI is InChI=1S/C29H29NO/c31-27(18-21-7-2-1-3-8-21)19-22-9-4-11-24(17-22)25-12-5-13-26(20-25)29-28-14-6-10-23(28)15-16-30-29/h1-4,6-9,11,14-17,25-26H,5,10,12-13,18-20H2. The van der Waals surface area contributed by atoms with E-state index in [-0.39, 0.29) is 5.78 Å². The van der Waals surface area contributed by atoms with Gasteiger partial charge in [-0.25, -0.2) is 0 Å². The van der Waals surface area contributed by atoms with Gasteiger partial charge in [-0.3, -0.25) is 9.78 Å². The van der Waals surface area contributed by atoms with Gasteiger partial charge in [-0.15, -0.1) is 0 Å². The molecule has 2 nitrogen and oxygen atoms in total. The molecule has 5 rings (SSSR count). The van der Waals surface area contributed by atoms with Gasteiger partial charge in [0.2, 0.25) is 0 Å². The quantitative estimate of drug-likeness (QED) is 0.470. The number of carbonyl (C=O) groups is 1. The minimum atomic E-state index is 0.278. The molecule has 3 aromatic rings. The predicted octanol–water partition coefficient (Wildman–Crippen LogP) is 6.45. The number of benzene rings is 2. The number of ketones is 1. The van der Waals surface area contributed by atoms with Crippen molar-refractivity contribution >= 4 is 11.9 Å². The molecule has 0 bridgehead atoms. The first-order valence-electron chi connectivity index (χ1n) is 11.5. The van der Waals surface area contributed by atoms with Gasteiger partial charge < -0.3 is 0 Å². The Morgan fingerprint density at radius 3 is 2.61 bits per heavy atom. The highest BCUT2D eigenvalue weighted by Crippen LogP contribution is 2.42. The number of aromatic nitrogens is 1. The molecule has 2 aromatic carbocycles. The van der Waals surface area contributed by atoms with Crippen LogP contribution >= 0.6 is 0 Å². The van der Waals surface area contributed by atoms with Gasteiger partial charge in [-0.05, 0) is 65.5 Å². The SMILES string of the molecule is O=C(Cc1ccccc1)Cc1cccc(C2CCCC(c3nccc4c3C=CC4)C2)c1. The summed E-state index contributed by atoms with van der Waals surface area (Å²) >= 11 is 0. The van der Waals surface area contributed by atoms with Crippen LogP contribution in [0, 0.1) is 0 Å². The Kier molecular flexibility index (Phi) is 5.80. The fourth-order valence-electron chi connectivity index (χ4n) is 5.34. The summed E-state index contributed by atoms with van der Waals surface area (Å²) in [5.74, 6) is 1.35. The molecule has 0 amide bonds. The Labute approximate surface area is 185 Å². The molecule has 0 radical (unpaired) electrons. The van der Waals surface area contributed by atoms with Gasteiger partial charge in [0.1, 0.15) is 5.78 Å². The van der Waals surface area contributed by atoms with E-state index in [4.69, 9.17) is 4.98 Å². The molecule has 2 unspecified atom stereocenters. The molecule has 2 atom stereocenters. The van der Waals surface area contributed by atoms with Crippen LogP contribution in [0.1, 0.15) is 71.0 Å². The van der Waals surface area contributed by atoms with Crippen LogP contribution in [0.5, 0.6) is 0 Å². The van der Waals surface area contributed by atoms with Crippen molar-refractivity contribution < 1.29 is 4.79 Å². The smallest absolute Gasteiger partial charge is 0.141 e. The third-order valence-corrected chi connectivity index (χ3v) is 6.86. The Morgan fingerprint density at radius 1 is 0.903 bits per heavy atom. The summed E-state index contributed by atoms with van der Waals surface area (Å²) in [5, 5.41) is 0. The number of hydrogen-bond acceptors (Lipinski definition) is 2. The van der Waals surface area contributed by atoms with Gasteiger partial charge in [0.25, 0.3) is 0 Å². The highest BCUT2D eigenvalue weighted by atomic mass is 16.1. The lowest BCUT2D eigenvalue weighted by molar-refractivity contribution is -0.117. The lowest BCUT2D eigenvalue weighted by Gasteiger charge is -2.30. The number of carbonyl (C=O) groups excluding carboxylic acids is 1. The van der Waals surface area contributed by atoms with E-state index >= 15 is 0 Å². The fourth-order valence-corrected chi connectivity index (χ4v) is 5.34. The van der Waals surface area contributed by atoms with Gasteiger partial charge in [0.15, 0.2) is 0 Å². The molecule has 1 heterocycles. The molecule has 1 aromatic heterocycles. The number of pyridine rings is 1. The maximum Gasteiger partial charge on any atom is 0.141 e. The lowest BCUT2D eigenvalue weighted by atomic mass is 9.75. The summed E-state index contributed by atoms with van der Waals surface area (Å²) in [5.41, 5.74) is 7.71. The summed E-state index contributed by atoms with van der Waals surface area (Å²) < 4.78 is 0. The molecule has 2 aliphatic rings. The van der Waals surface area contributed by atoms with Crippen LogP contribution in [0.15, 0.2) is 72.9 Å². The van der Waals surface area contributed by atoms with E-state index in [1.54, 1.807) is 0 Å². The summed E-state index contributed by atoms with van der Waals surface area (Å²) in [7, 11) is 0. The minimum Gasteiger partial charge on any atom is -0.299 e. The average molecular weight is 408 g/mol. The molecular weight excluding hydrogens is 378 g/mol. The van der Waals surface area contributed by atoms with E-state index in [0.29, 0.717) is 24.7 Å². The van der Waals surface area contributed by atoms with E-state index in [9.17, 15) is 4.79 Å². The normalized spacial score (nSPS) is 19.9. The van der Waals surface area contributed by atoms with Crippen molar-refractivity contribution in [2.24, 2.45) is 0 Å². The second-order valence-electron chi connectivity index (χ2n) is 9.06. The molecule has 31 heavy (non-hydrogen) atoms. The summed E-state index contributed by atoms with van der Waals surface area (Å²) in [6.45, 7) is 0. The highest BCUT2D eigenvalue weighted by molar-refractivity contribution is 5.83. The minimum absolute atomic E-state index is 0.278. The van der Waals surface area contributed by atoms with Crippen LogP contribution < -0.4 is 0 Å². The highest BCUT2D eigenvalue weighted by Gasteiger charge is 2.28. The summed E-state index contributed by atoms with van der Waals surface area (Å²) in [4.78, 5) is 17.4. The van der Waals surface area contributed by atoms with Crippen molar-refractivity contribution in [2.75, 3.05) is 0 Å². The Bertz CT molecular complexity index is 1100. The van der Waals surface area contributed by atoms with Crippen molar-refractivity contribution in [1.82, 2.24) is 4.98 Å². The van der Waals surface area contributed by atoms with E-state index in [2.05, 4.69) is 42.5 Å². The summed E-state index contributed by atoms with van der Waals surface area (Å²) in [6.07, 6.45) is 13.4. The number of fused-ring (bicyclic) bond motifs is 1. The first-order chi connectivity index (χ1) is 15.3. The number of rotatable bonds is 6. The molecule has 0 N–H and O–H groups in total. The second kappa shape index (κ2) is 9.01. The maximum atomic E-state index is 12.6. The van der Waals surface area contributed by atoms with Crippen molar-refractivity contribution in [3.63, 3.8) is 0 Å². The average Bonchev–Trinajstić information content (AvgIpc) is 3.29. The molecule has 2 heteroatoms. The van der Waals surface area contributed by atoms with Crippen LogP contribution in [0.3, 0.4) is 0 Å².